The molecule has 21 heavy (non-hydrogen) atoms. The monoisotopic (exact) mass is 350 g/mol. The number of amides is 2. The maximum absolute atomic E-state index is 12.8. The number of hydrogen-bond acceptors (Lipinski definition) is 2. The van der Waals surface area contributed by atoms with Crippen LogP contribution in [0.4, 0.5) is 4.39 Å². The van der Waals surface area contributed by atoms with E-state index in [0.717, 1.165) is 10.0 Å². The maximum Gasteiger partial charge on any atom is 0.269 e. The van der Waals surface area contributed by atoms with Crippen LogP contribution in [0.5, 0.6) is 0 Å². The molecule has 2 amide bonds. The molecule has 0 saturated carbocycles. The van der Waals surface area contributed by atoms with E-state index in [-0.39, 0.29) is 5.56 Å². The van der Waals surface area contributed by atoms with Crippen molar-refractivity contribution in [3.63, 3.8) is 0 Å². The van der Waals surface area contributed by atoms with Crippen molar-refractivity contribution in [3.8, 4) is 0 Å². The predicted molar refractivity (Wildman–Crippen MR) is 80.2 cm³/mol. The highest BCUT2D eigenvalue weighted by Gasteiger charge is 2.10. The van der Waals surface area contributed by atoms with Gasteiger partial charge in [0.05, 0.1) is 0 Å². The molecule has 0 heterocycles. The number of benzene rings is 2. The van der Waals surface area contributed by atoms with Crippen molar-refractivity contribution in [1.82, 2.24) is 10.9 Å². The zero-order valence-electron chi connectivity index (χ0n) is 11.1. The predicted octanol–water partition coefficient (Wildman–Crippen LogP) is 2.97. The van der Waals surface area contributed by atoms with E-state index in [4.69, 9.17) is 0 Å². The van der Waals surface area contributed by atoms with Crippen LogP contribution >= 0.6 is 15.9 Å². The first-order chi connectivity index (χ1) is 9.97. The maximum atomic E-state index is 12.8. The van der Waals surface area contributed by atoms with E-state index in [0.29, 0.717) is 5.56 Å². The molecule has 0 aromatic heterocycles. The van der Waals surface area contributed by atoms with Gasteiger partial charge in [-0.1, -0.05) is 22.0 Å². The highest BCUT2D eigenvalue weighted by Crippen LogP contribution is 2.17. The van der Waals surface area contributed by atoms with Gasteiger partial charge in [-0.2, -0.15) is 0 Å². The van der Waals surface area contributed by atoms with E-state index in [1.54, 1.807) is 18.2 Å². The number of carbonyl (C=O) groups is 2. The highest BCUT2D eigenvalue weighted by atomic mass is 79.9. The van der Waals surface area contributed by atoms with Gasteiger partial charge in [0, 0.05) is 15.6 Å². The Morgan fingerprint density at radius 2 is 1.48 bits per heavy atom. The van der Waals surface area contributed by atoms with Gasteiger partial charge >= 0.3 is 0 Å². The lowest BCUT2D eigenvalue weighted by Gasteiger charge is -2.08. The Bertz CT molecular complexity index is 687. The molecule has 108 valence electrons. The van der Waals surface area contributed by atoms with E-state index in [1.807, 2.05) is 6.92 Å². The third-order valence-electron chi connectivity index (χ3n) is 2.83. The van der Waals surface area contributed by atoms with Crippen LogP contribution in [0.15, 0.2) is 46.9 Å². The normalized spacial score (nSPS) is 10.0. The lowest BCUT2D eigenvalue weighted by molar-refractivity contribution is 0.0846. The van der Waals surface area contributed by atoms with E-state index in [2.05, 4.69) is 26.8 Å². The summed E-state index contributed by atoms with van der Waals surface area (Å²) in [7, 11) is 0. The molecular formula is C15H12BrFN2O2. The standard InChI is InChI=1S/C15H12BrFN2O2/c1-9-2-3-11(8-13(9)16)15(21)19-18-14(20)10-4-6-12(17)7-5-10/h2-8H,1H3,(H,18,20)(H,19,21). The van der Waals surface area contributed by atoms with Gasteiger partial charge in [0.1, 0.15) is 5.82 Å². The molecule has 2 rings (SSSR count). The number of hydrogen-bond donors (Lipinski definition) is 2. The van der Waals surface area contributed by atoms with Gasteiger partial charge in [0.25, 0.3) is 11.8 Å². The average Bonchev–Trinajstić information content (AvgIpc) is 2.48. The Labute approximate surface area is 129 Å². The van der Waals surface area contributed by atoms with E-state index < -0.39 is 17.6 Å². The van der Waals surface area contributed by atoms with Gasteiger partial charge in [-0.3, -0.25) is 20.4 Å². The summed E-state index contributed by atoms with van der Waals surface area (Å²) in [6.45, 7) is 1.90. The fourth-order valence-electron chi connectivity index (χ4n) is 1.59. The average molecular weight is 351 g/mol. The van der Waals surface area contributed by atoms with Crippen LogP contribution in [-0.4, -0.2) is 11.8 Å². The smallest absolute Gasteiger partial charge is 0.267 e. The second-order valence-corrected chi connectivity index (χ2v) is 5.23. The molecule has 0 fully saturated rings. The van der Waals surface area contributed by atoms with Crippen LogP contribution in [0.1, 0.15) is 26.3 Å². The highest BCUT2D eigenvalue weighted by molar-refractivity contribution is 9.10. The van der Waals surface area contributed by atoms with Crippen molar-refractivity contribution >= 4 is 27.7 Å². The number of carbonyl (C=O) groups excluding carboxylic acids is 2. The molecule has 2 N–H and O–H groups in total. The fraction of sp³-hybridized carbons (Fsp3) is 0.0667. The first-order valence-corrected chi connectivity index (χ1v) is 6.89. The Balaban J connectivity index is 1.98. The molecule has 0 saturated heterocycles. The van der Waals surface area contributed by atoms with E-state index in [1.165, 1.54) is 24.3 Å². The number of nitrogens with one attached hydrogen (secondary N) is 2. The van der Waals surface area contributed by atoms with Crippen LogP contribution in [0, 0.1) is 12.7 Å². The molecule has 0 bridgehead atoms. The Kier molecular flexibility index (Phi) is 4.70. The first kappa shape index (κ1) is 15.2. The Morgan fingerprint density at radius 1 is 0.952 bits per heavy atom. The molecule has 0 atom stereocenters. The van der Waals surface area contributed by atoms with E-state index >= 15 is 0 Å². The van der Waals surface area contributed by atoms with Crippen LogP contribution in [-0.2, 0) is 0 Å². The van der Waals surface area contributed by atoms with Crippen molar-refractivity contribution in [2.75, 3.05) is 0 Å². The molecule has 0 spiro atoms. The van der Waals surface area contributed by atoms with Crippen molar-refractivity contribution in [2.45, 2.75) is 6.92 Å². The minimum atomic E-state index is -0.519. The molecule has 0 radical (unpaired) electrons. The second-order valence-electron chi connectivity index (χ2n) is 4.38. The van der Waals surface area contributed by atoms with Crippen LogP contribution in [0.3, 0.4) is 0 Å². The summed E-state index contributed by atoms with van der Waals surface area (Å²) in [5, 5.41) is 0. The summed E-state index contributed by atoms with van der Waals surface area (Å²) in [6.07, 6.45) is 0. The quantitative estimate of drug-likeness (QED) is 0.818. The van der Waals surface area contributed by atoms with Crippen molar-refractivity contribution in [3.05, 3.63) is 69.4 Å². The Hall–Kier alpha value is -2.21. The molecule has 6 heteroatoms. The summed E-state index contributed by atoms with van der Waals surface area (Å²) in [6, 6.07) is 10.1. The molecule has 2 aromatic rings. The third kappa shape index (κ3) is 3.88. The summed E-state index contributed by atoms with van der Waals surface area (Å²) < 4.78 is 13.6. The minimum absolute atomic E-state index is 0.252. The van der Waals surface area contributed by atoms with Crippen molar-refractivity contribution in [1.29, 1.82) is 0 Å². The molecule has 0 aliphatic carbocycles. The van der Waals surface area contributed by atoms with Crippen LogP contribution < -0.4 is 10.9 Å². The second kappa shape index (κ2) is 6.49. The summed E-state index contributed by atoms with van der Waals surface area (Å²) in [5.41, 5.74) is 6.24. The van der Waals surface area contributed by atoms with Gasteiger partial charge < -0.3 is 0 Å². The van der Waals surface area contributed by atoms with Crippen molar-refractivity contribution in [2.24, 2.45) is 0 Å². The SMILES string of the molecule is Cc1ccc(C(=O)NNC(=O)c2ccc(F)cc2)cc1Br. The van der Waals surface area contributed by atoms with Gasteiger partial charge in [-0.25, -0.2) is 4.39 Å². The van der Waals surface area contributed by atoms with Crippen molar-refractivity contribution < 1.29 is 14.0 Å². The molecular weight excluding hydrogens is 339 g/mol. The molecule has 2 aromatic carbocycles. The lowest BCUT2D eigenvalue weighted by Crippen LogP contribution is -2.41. The number of halogens is 2. The first-order valence-electron chi connectivity index (χ1n) is 6.10. The van der Waals surface area contributed by atoms with E-state index in [9.17, 15) is 14.0 Å². The van der Waals surface area contributed by atoms with Crippen LogP contribution in [0.2, 0.25) is 0 Å². The Morgan fingerprint density at radius 3 is 2.05 bits per heavy atom. The van der Waals surface area contributed by atoms with Gasteiger partial charge in [-0.15, -0.1) is 0 Å². The third-order valence-corrected chi connectivity index (χ3v) is 3.68. The number of rotatable bonds is 2. The van der Waals surface area contributed by atoms with Gasteiger partial charge in [-0.05, 0) is 48.9 Å². The zero-order valence-corrected chi connectivity index (χ0v) is 12.7. The summed E-state index contributed by atoms with van der Waals surface area (Å²) in [4.78, 5) is 23.6. The molecule has 4 nitrogen and oxygen atoms in total. The largest absolute Gasteiger partial charge is 0.269 e. The topological polar surface area (TPSA) is 58.2 Å². The van der Waals surface area contributed by atoms with Gasteiger partial charge in [0.2, 0.25) is 0 Å². The molecule has 0 aliphatic heterocycles. The number of aryl methyl sites for hydroxylation is 1. The van der Waals surface area contributed by atoms with Crippen LogP contribution in [0.25, 0.3) is 0 Å². The zero-order chi connectivity index (χ0) is 15.4. The summed E-state index contributed by atoms with van der Waals surface area (Å²) in [5.74, 6) is -1.39. The molecule has 0 unspecified atom stereocenters. The lowest BCUT2D eigenvalue weighted by atomic mass is 10.1. The number of hydrazine groups is 1. The minimum Gasteiger partial charge on any atom is -0.267 e. The van der Waals surface area contributed by atoms with Gasteiger partial charge in [0.15, 0.2) is 0 Å². The fourth-order valence-corrected chi connectivity index (χ4v) is 1.97. The molecule has 0 aliphatic rings. The summed E-state index contributed by atoms with van der Waals surface area (Å²) >= 11 is 3.34.